The van der Waals surface area contributed by atoms with Crippen LogP contribution in [-0.4, -0.2) is 31.1 Å². The second-order valence-corrected chi connectivity index (χ2v) is 12.1. The van der Waals surface area contributed by atoms with Gasteiger partial charge in [0.15, 0.2) is 5.78 Å². The zero-order chi connectivity index (χ0) is 30.3. The second-order valence-electron chi connectivity index (χ2n) is 12.1. The van der Waals surface area contributed by atoms with Crippen molar-refractivity contribution < 1.29 is 9.53 Å². The van der Waals surface area contributed by atoms with Crippen LogP contribution in [0.15, 0.2) is 79.0 Å². The van der Waals surface area contributed by atoms with Crippen LogP contribution in [0.5, 0.6) is 5.75 Å². The van der Waals surface area contributed by atoms with Crippen LogP contribution in [0.1, 0.15) is 113 Å². The third kappa shape index (κ3) is 9.48. The van der Waals surface area contributed by atoms with Gasteiger partial charge in [-0.2, -0.15) is 0 Å². The number of para-hydroxylation sites is 2. The van der Waals surface area contributed by atoms with Crippen molar-refractivity contribution in [1.82, 2.24) is 4.57 Å². The monoisotopic (exact) mass is 580 g/mol. The first-order valence-corrected chi connectivity index (χ1v) is 16.7. The molecule has 4 aromatic rings. The fourth-order valence-electron chi connectivity index (χ4n) is 5.88. The van der Waals surface area contributed by atoms with Gasteiger partial charge in [0.1, 0.15) is 5.75 Å². The molecule has 1 aromatic heterocycles. The third-order valence-corrected chi connectivity index (χ3v) is 8.48. The van der Waals surface area contributed by atoms with Gasteiger partial charge in [0, 0.05) is 36.3 Å². The Bertz CT molecular complexity index is 1390. The number of nitrogens with zero attached hydrogens (tertiary/aromatic N) is 2. The highest BCUT2D eigenvalue weighted by molar-refractivity contribution is 6.11. The lowest BCUT2D eigenvalue weighted by Crippen LogP contribution is -2.10. The van der Waals surface area contributed by atoms with Gasteiger partial charge in [0.05, 0.1) is 24.0 Å². The average molecular weight is 581 g/mol. The summed E-state index contributed by atoms with van der Waals surface area (Å²) < 4.78 is 8.45. The molecule has 0 aliphatic heterocycles. The molecule has 230 valence electrons. The number of aromatic nitrogens is 1. The number of ether oxygens (including phenoxy) is 1. The number of anilines is 1. The smallest absolute Gasteiger partial charge is 0.195 e. The van der Waals surface area contributed by atoms with E-state index in [1.54, 1.807) is 0 Å². The Morgan fingerprint density at radius 1 is 0.674 bits per heavy atom. The van der Waals surface area contributed by atoms with Crippen LogP contribution in [0.2, 0.25) is 0 Å². The summed E-state index contributed by atoms with van der Waals surface area (Å²) in [6.45, 7) is 3.00. The Morgan fingerprint density at radius 2 is 1.23 bits per heavy atom. The standard InChI is InChI=1S/C39H52N2O2/c1-4-5-6-7-8-9-10-11-12-13-14-15-16-21-30-43-38-31-41(36-24-19-17-22-34(36)38)37-25-20-18-23-35(37)39(42)32-26-28-33(29-27-32)40(2)3/h17-20,22-29,31H,4-16,21,30H2,1-3H3. The molecule has 0 fully saturated rings. The summed E-state index contributed by atoms with van der Waals surface area (Å²) in [5.74, 6) is 0.895. The molecule has 1 heterocycles. The van der Waals surface area contributed by atoms with Crippen LogP contribution in [-0.2, 0) is 0 Å². The van der Waals surface area contributed by atoms with Crippen molar-refractivity contribution in [3.8, 4) is 11.4 Å². The minimum absolute atomic E-state index is 0.0172. The molecule has 0 saturated carbocycles. The molecule has 0 saturated heterocycles. The van der Waals surface area contributed by atoms with Crippen LogP contribution in [0, 0.1) is 0 Å². The molecule has 3 aromatic carbocycles. The summed E-state index contributed by atoms with van der Waals surface area (Å²) in [6.07, 6.45) is 20.9. The minimum atomic E-state index is 0.0172. The summed E-state index contributed by atoms with van der Waals surface area (Å²) >= 11 is 0. The molecule has 0 aliphatic rings. The Morgan fingerprint density at radius 3 is 1.86 bits per heavy atom. The highest BCUT2D eigenvalue weighted by Gasteiger charge is 2.18. The minimum Gasteiger partial charge on any atom is -0.491 e. The van der Waals surface area contributed by atoms with E-state index >= 15 is 0 Å². The Kier molecular flexibility index (Phi) is 13.2. The number of carbonyl (C=O) groups excluding carboxylic acids is 1. The molecule has 0 atom stereocenters. The largest absolute Gasteiger partial charge is 0.491 e. The Hall–Kier alpha value is -3.53. The zero-order valence-electron chi connectivity index (χ0n) is 26.8. The van der Waals surface area contributed by atoms with E-state index in [-0.39, 0.29) is 5.78 Å². The number of unbranched alkanes of at least 4 members (excludes halogenated alkanes) is 13. The summed E-state index contributed by atoms with van der Waals surface area (Å²) in [6, 6.07) is 24.0. The van der Waals surface area contributed by atoms with E-state index in [1.807, 2.05) is 73.6 Å². The number of benzene rings is 3. The zero-order valence-corrected chi connectivity index (χ0v) is 26.8. The van der Waals surface area contributed by atoms with E-state index in [1.165, 1.54) is 83.5 Å². The van der Waals surface area contributed by atoms with Gasteiger partial charge in [-0.3, -0.25) is 4.79 Å². The maximum atomic E-state index is 13.6. The molecule has 0 bridgehead atoms. The third-order valence-electron chi connectivity index (χ3n) is 8.48. The maximum absolute atomic E-state index is 13.6. The first-order valence-electron chi connectivity index (χ1n) is 16.7. The van der Waals surface area contributed by atoms with Gasteiger partial charge in [-0.05, 0) is 55.0 Å². The Labute approximate surface area is 260 Å². The van der Waals surface area contributed by atoms with E-state index < -0.39 is 0 Å². The average Bonchev–Trinajstić information content (AvgIpc) is 3.41. The van der Waals surface area contributed by atoms with Gasteiger partial charge in [0.25, 0.3) is 0 Å². The normalized spacial score (nSPS) is 11.2. The van der Waals surface area contributed by atoms with Gasteiger partial charge in [-0.15, -0.1) is 0 Å². The van der Waals surface area contributed by atoms with Crippen LogP contribution < -0.4 is 9.64 Å². The first kappa shape index (κ1) is 32.4. The molecule has 0 spiro atoms. The van der Waals surface area contributed by atoms with E-state index in [0.29, 0.717) is 17.7 Å². The summed E-state index contributed by atoms with van der Waals surface area (Å²) in [7, 11) is 4.00. The van der Waals surface area contributed by atoms with E-state index in [2.05, 4.69) is 35.9 Å². The van der Waals surface area contributed by atoms with E-state index in [9.17, 15) is 4.79 Å². The van der Waals surface area contributed by atoms with E-state index in [4.69, 9.17) is 4.74 Å². The van der Waals surface area contributed by atoms with Gasteiger partial charge in [0.2, 0.25) is 0 Å². The predicted octanol–water partition coefficient (Wildman–Crippen LogP) is 10.8. The molecular weight excluding hydrogens is 528 g/mol. The van der Waals surface area contributed by atoms with Gasteiger partial charge in [-0.25, -0.2) is 0 Å². The van der Waals surface area contributed by atoms with Crippen molar-refractivity contribution in [2.24, 2.45) is 0 Å². The van der Waals surface area contributed by atoms with Gasteiger partial charge in [-0.1, -0.05) is 115 Å². The lowest BCUT2D eigenvalue weighted by atomic mass is 10.0. The quantitative estimate of drug-likeness (QED) is 0.0770. The molecule has 4 heteroatoms. The van der Waals surface area contributed by atoms with Crippen LogP contribution in [0.3, 0.4) is 0 Å². The fourth-order valence-corrected chi connectivity index (χ4v) is 5.88. The molecule has 4 nitrogen and oxygen atoms in total. The molecule has 43 heavy (non-hydrogen) atoms. The SMILES string of the molecule is CCCCCCCCCCCCCCCCOc1cn(-c2ccccc2C(=O)c2ccc(N(C)C)cc2)c2ccccc12. The van der Waals surface area contributed by atoms with Crippen LogP contribution in [0.4, 0.5) is 5.69 Å². The molecular formula is C39H52N2O2. The van der Waals surface area contributed by atoms with Crippen molar-refractivity contribution in [3.63, 3.8) is 0 Å². The predicted molar refractivity (Wildman–Crippen MR) is 183 cm³/mol. The maximum Gasteiger partial charge on any atom is 0.195 e. The Balaban J connectivity index is 1.28. The van der Waals surface area contributed by atoms with E-state index in [0.717, 1.165) is 34.4 Å². The molecule has 0 unspecified atom stereocenters. The molecule has 4 rings (SSSR count). The van der Waals surface area contributed by atoms with Crippen molar-refractivity contribution in [3.05, 3.63) is 90.1 Å². The molecule has 0 amide bonds. The number of hydrogen-bond donors (Lipinski definition) is 0. The van der Waals surface area contributed by atoms with Crippen molar-refractivity contribution in [2.45, 2.75) is 96.8 Å². The summed E-state index contributed by atoms with van der Waals surface area (Å²) in [5, 5.41) is 1.07. The molecule has 0 radical (unpaired) electrons. The summed E-state index contributed by atoms with van der Waals surface area (Å²) in [5.41, 5.74) is 4.35. The molecule has 0 aliphatic carbocycles. The van der Waals surface area contributed by atoms with Crippen molar-refractivity contribution in [1.29, 1.82) is 0 Å². The van der Waals surface area contributed by atoms with Crippen molar-refractivity contribution in [2.75, 3.05) is 25.6 Å². The number of rotatable bonds is 20. The van der Waals surface area contributed by atoms with Gasteiger partial charge >= 0.3 is 0 Å². The lowest BCUT2D eigenvalue weighted by Gasteiger charge is -2.14. The second kappa shape index (κ2) is 17.6. The number of ketones is 1. The van der Waals surface area contributed by atoms with Crippen molar-refractivity contribution >= 4 is 22.4 Å². The number of carbonyl (C=O) groups is 1. The highest BCUT2D eigenvalue weighted by Crippen LogP contribution is 2.32. The fraction of sp³-hybridized carbons (Fsp3) is 0.462. The number of hydrogen-bond acceptors (Lipinski definition) is 3. The van der Waals surface area contributed by atoms with Gasteiger partial charge < -0.3 is 14.2 Å². The van der Waals surface area contributed by atoms with Crippen LogP contribution >= 0.6 is 0 Å². The first-order chi connectivity index (χ1) is 21.1. The van der Waals surface area contributed by atoms with Crippen LogP contribution in [0.25, 0.3) is 16.6 Å². The topological polar surface area (TPSA) is 34.5 Å². The summed E-state index contributed by atoms with van der Waals surface area (Å²) in [4.78, 5) is 15.7. The highest BCUT2D eigenvalue weighted by atomic mass is 16.5. The number of fused-ring (bicyclic) bond motifs is 1. The molecule has 0 N–H and O–H groups in total. The lowest BCUT2D eigenvalue weighted by molar-refractivity contribution is 0.103.